The normalized spacial score (nSPS) is 11.9. The molecule has 0 radical (unpaired) electrons. The summed E-state index contributed by atoms with van der Waals surface area (Å²) in [7, 11) is -3.91. The van der Waals surface area contributed by atoms with Crippen molar-refractivity contribution in [3.05, 3.63) is 28.7 Å². The molecular weight excluding hydrogens is 414 g/mol. The minimum Gasteiger partial charge on any atom is -0.465 e. The van der Waals surface area contributed by atoms with E-state index in [9.17, 15) is 13.2 Å². The van der Waals surface area contributed by atoms with Gasteiger partial charge < -0.3 is 14.2 Å². The molecule has 0 fully saturated rings. The molecule has 0 spiro atoms. The number of rotatable bonds is 11. The van der Waals surface area contributed by atoms with Gasteiger partial charge in [0.2, 0.25) is 10.0 Å². The van der Waals surface area contributed by atoms with Crippen LogP contribution in [-0.4, -0.2) is 57.9 Å². The Morgan fingerprint density at radius 1 is 1.08 bits per heavy atom. The molecule has 7 nitrogen and oxygen atoms in total. The minimum atomic E-state index is -3.91. The summed E-state index contributed by atoms with van der Waals surface area (Å²) in [5.74, 6) is -0.630. The number of hydrogen-bond donors (Lipinski definition) is 0. The van der Waals surface area contributed by atoms with Crippen LogP contribution in [0.5, 0.6) is 0 Å². The topological polar surface area (TPSA) is 82.1 Å². The number of benzene rings is 1. The predicted octanol–water partition coefficient (Wildman–Crippen LogP) is 2.40. The Hall–Kier alpha value is -1.00. The molecule has 0 heterocycles. The second-order valence-electron chi connectivity index (χ2n) is 4.90. The molecule has 1 aromatic carbocycles. The molecular formula is C16H24BrNO6S. The Kier molecular flexibility index (Phi) is 9.58. The van der Waals surface area contributed by atoms with Gasteiger partial charge >= 0.3 is 5.97 Å². The second kappa shape index (κ2) is 10.9. The van der Waals surface area contributed by atoms with Crippen LogP contribution in [0.3, 0.4) is 0 Å². The van der Waals surface area contributed by atoms with Gasteiger partial charge in [-0.2, -0.15) is 4.31 Å². The van der Waals surface area contributed by atoms with Crippen LogP contribution in [0.25, 0.3) is 0 Å². The minimum absolute atomic E-state index is 0.0757. The summed E-state index contributed by atoms with van der Waals surface area (Å²) in [4.78, 5) is 11.9. The number of carbonyl (C=O) groups is 1. The number of hydrogen-bond acceptors (Lipinski definition) is 6. The molecule has 0 atom stereocenters. The van der Waals surface area contributed by atoms with Crippen LogP contribution in [0.15, 0.2) is 33.6 Å². The molecule has 0 aliphatic carbocycles. The summed E-state index contributed by atoms with van der Waals surface area (Å²) in [5.41, 5.74) is 0. The zero-order chi connectivity index (χ0) is 18.9. The Morgan fingerprint density at radius 2 is 1.64 bits per heavy atom. The number of esters is 1. The number of ether oxygens (including phenoxy) is 3. The number of carbonyl (C=O) groups excluding carboxylic acids is 1. The van der Waals surface area contributed by atoms with Gasteiger partial charge in [-0.1, -0.05) is 15.9 Å². The fraction of sp³-hybridized carbons (Fsp3) is 0.562. The van der Waals surface area contributed by atoms with Gasteiger partial charge in [-0.3, -0.25) is 4.79 Å². The first-order valence-electron chi connectivity index (χ1n) is 7.99. The SMILES string of the molecule is CCOC(=O)CN(CC(OCC)OCC)S(=O)(=O)c1ccc(Br)cc1. The molecule has 1 rings (SSSR count). The van der Waals surface area contributed by atoms with E-state index in [0.29, 0.717) is 13.2 Å². The average Bonchev–Trinajstić information content (AvgIpc) is 2.55. The molecule has 0 aromatic heterocycles. The van der Waals surface area contributed by atoms with E-state index >= 15 is 0 Å². The van der Waals surface area contributed by atoms with Crippen molar-refractivity contribution in [2.24, 2.45) is 0 Å². The van der Waals surface area contributed by atoms with Gasteiger partial charge in [0.05, 0.1) is 18.0 Å². The summed E-state index contributed by atoms with van der Waals surface area (Å²) in [5, 5.41) is 0. The zero-order valence-corrected chi connectivity index (χ0v) is 17.0. The summed E-state index contributed by atoms with van der Waals surface area (Å²) in [6, 6.07) is 6.18. The maximum Gasteiger partial charge on any atom is 0.321 e. The largest absolute Gasteiger partial charge is 0.465 e. The van der Waals surface area contributed by atoms with E-state index in [-0.39, 0.29) is 18.0 Å². The van der Waals surface area contributed by atoms with Gasteiger partial charge in [0, 0.05) is 17.7 Å². The Bertz CT molecular complexity index is 629. The van der Waals surface area contributed by atoms with Gasteiger partial charge in [-0.25, -0.2) is 8.42 Å². The second-order valence-corrected chi connectivity index (χ2v) is 7.75. The maximum atomic E-state index is 12.9. The molecule has 0 aliphatic heterocycles. The van der Waals surface area contributed by atoms with Crippen LogP contribution in [0.1, 0.15) is 20.8 Å². The van der Waals surface area contributed by atoms with E-state index in [0.717, 1.165) is 8.78 Å². The van der Waals surface area contributed by atoms with Crippen LogP contribution in [-0.2, 0) is 29.0 Å². The molecule has 0 saturated heterocycles. The highest BCUT2D eigenvalue weighted by molar-refractivity contribution is 9.10. The van der Waals surface area contributed by atoms with Crippen molar-refractivity contribution in [3.8, 4) is 0 Å². The molecule has 25 heavy (non-hydrogen) atoms. The van der Waals surface area contributed by atoms with E-state index in [1.54, 1.807) is 32.9 Å². The first-order valence-corrected chi connectivity index (χ1v) is 10.2. The number of sulfonamides is 1. The highest BCUT2D eigenvalue weighted by atomic mass is 79.9. The Labute approximate surface area is 157 Å². The predicted molar refractivity (Wildman–Crippen MR) is 96.6 cm³/mol. The van der Waals surface area contributed by atoms with Gasteiger partial charge in [0.15, 0.2) is 6.29 Å². The third kappa shape index (κ3) is 7.02. The van der Waals surface area contributed by atoms with Gasteiger partial charge in [-0.15, -0.1) is 0 Å². The van der Waals surface area contributed by atoms with E-state index < -0.39 is 28.8 Å². The van der Waals surface area contributed by atoms with Crippen molar-refractivity contribution in [1.82, 2.24) is 4.31 Å². The molecule has 0 unspecified atom stereocenters. The fourth-order valence-corrected chi connectivity index (χ4v) is 3.68. The molecule has 142 valence electrons. The van der Waals surface area contributed by atoms with Crippen LogP contribution >= 0.6 is 15.9 Å². The molecule has 0 aliphatic rings. The third-order valence-electron chi connectivity index (χ3n) is 3.12. The van der Waals surface area contributed by atoms with Crippen molar-refractivity contribution in [2.75, 3.05) is 32.9 Å². The van der Waals surface area contributed by atoms with Gasteiger partial charge in [0.25, 0.3) is 0 Å². The smallest absolute Gasteiger partial charge is 0.321 e. The van der Waals surface area contributed by atoms with Crippen LogP contribution in [0.2, 0.25) is 0 Å². The molecule has 0 N–H and O–H groups in total. The first-order chi connectivity index (χ1) is 11.8. The lowest BCUT2D eigenvalue weighted by Gasteiger charge is -2.26. The Morgan fingerprint density at radius 3 is 2.12 bits per heavy atom. The first kappa shape index (κ1) is 22.0. The summed E-state index contributed by atoms with van der Waals surface area (Å²) < 4.78 is 43.3. The van der Waals surface area contributed by atoms with E-state index in [1.807, 2.05) is 0 Å². The number of halogens is 1. The highest BCUT2D eigenvalue weighted by Crippen LogP contribution is 2.19. The van der Waals surface area contributed by atoms with Crippen LogP contribution in [0, 0.1) is 0 Å². The van der Waals surface area contributed by atoms with Crippen molar-refractivity contribution in [1.29, 1.82) is 0 Å². The lowest BCUT2D eigenvalue weighted by Crippen LogP contribution is -2.43. The Balaban J connectivity index is 3.10. The quantitative estimate of drug-likeness (QED) is 0.390. The molecule has 1 aromatic rings. The van der Waals surface area contributed by atoms with Crippen LogP contribution in [0.4, 0.5) is 0 Å². The summed E-state index contributed by atoms with van der Waals surface area (Å²) >= 11 is 3.27. The summed E-state index contributed by atoms with van der Waals surface area (Å²) in [6.45, 7) is 5.59. The molecule has 0 amide bonds. The number of nitrogens with zero attached hydrogens (tertiary/aromatic N) is 1. The van der Waals surface area contributed by atoms with Crippen LogP contribution < -0.4 is 0 Å². The van der Waals surface area contributed by atoms with Crippen molar-refractivity contribution < 1.29 is 27.4 Å². The molecule has 0 bridgehead atoms. The van der Waals surface area contributed by atoms with E-state index in [4.69, 9.17) is 14.2 Å². The molecule has 0 saturated carbocycles. The average molecular weight is 438 g/mol. The molecule has 9 heteroatoms. The van der Waals surface area contributed by atoms with Gasteiger partial charge in [-0.05, 0) is 45.0 Å². The van der Waals surface area contributed by atoms with Crippen molar-refractivity contribution in [3.63, 3.8) is 0 Å². The van der Waals surface area contributed by atoms with E-state index in [2.05, 4.69) is 15.9 Å². The van der Waals surface area contributed by atoms with Crippen molar-refractivity contribution >= 4 is 31.9 Å². The van der Waals surface area contributed by atoms with E-state index in [1.165, 1.54) is 12.1 Å². The third-order valence-corrected chi connectivity index (χ3v) is 5.47. The standard InChI is InChI=1S/C16H24BrNO6S/c1-4-22-15(19)11-18(12-16(23-5-2)24-6-3)25(20,21)14-9-7-13(17)8-10-14/h7-10,16H,4-6,11-12H2,1-3H3. The van der Waals surface area contributed by atoms with Crippen molar-refractivity contribution in [2.45, 2.75) is 32.0 Å². The lowest BCUT2D eigenvalue weighted by atomic mass is 10.4. The monoisotopic (exact) mass is 437 g/mol. The highest BCUT2D eigenvalue weighted by Gasteiger charge is 2.30. The zero-order valence-electron chi connectivity index (χ0n) is 14.6. The lowest BCUT2D eigenvalue weighted by molar-refractivity contribution is -0.150. The maximum absolute atomic E-state index is 12.9. The fourth-order valence-electron chi connectivity index (χ4n) is 2.05. The summed E-state index contributed by atoms with van der Waals surface area (Å²) in [6.07, 6.45) is -0.769. The van der Waals surface area contributed by atoms with Gasteiger partial charge in [0.1, 0.15) is 6.54 Å².